The summed E-state index contributed by atoms with van der Waals surface area (Å²) in [6.45, 7) is 1.69. The van der Waals surface area contributed by atoms with Crippen LogP contribution in [0.2, 0.25) is 0 Å². The van der Waals surface area contributed by atoms with E-state index in [9.17, 15) is 9.59 Å². The van der Waals surface area contributed by atoms with Crippen LogP contribution in [0.5, 0.6) is 0 Å². The number of amides is 2. The van der Waals surface area contributed by atoms with Gasteiger partial charge in [0.2, 0.25) is 11.8 Å². The molecule has 6 heteroatoms. The smallest absolute Gasteiger partial charge is 0.237 e. The molecule has 5 nitrogen and oxygen atoms in total. The number of nitrogens with zero attached hydrogens (tertiary/aromatic N) is 1. The Morgan fingerprint density at radius 3 is 2.48 bits per heavy atom. The molecule has 2 amide bonds. The van der Waals surface area contributed by atoms with Crippen LogP contribution in [0.25, 0.3) is 0 Å². The number of hydrogen-bond acceptors (Lipinski definition) is 3. The molecule has 1 heterocycles. The topological polar surface area (TPSA) is 61.4 Å². The lowest BCUT2D eigenvalue weighted by atomic mass is 10.1. The molecule has 0 radical (unpaired) electrons. The predicted molar refractivity (Wildman–Crippen MR) is 83.3 cm³/mol. The van der Waals surface area contributed by atoms with Crippen molar-refractivity contribution in [3.63, 3.8) is 0 Å². The molecule has 3 aliphatic rings. The summed E-state index contributed by atoms with van der Waals surface area (Å²) in [6, 6.07) is -0.198. The van der Waals surface area contributed by atoms with Crippen molar-refractivity contribution in [1.82, 2.24) is 15.5 Å². The second kappa shape index (κ2) is 6.97. The number of halogens is 1. The maximum absolute atomic E-state index is 12.4. The van der Waals surface area contributed by atoms with Gasteiger partial charge in [-0.2, -0.15) is 0 Å². The van der Waals surface area contributed by atoms with E-state index < -0.39 is 0 Å². The maximum Gasteiger partial charge on any atom is 0.237 e. The van der Waals surface area contributed by atoms with Crippen molar-refractivity contribution in [2.24, 2.45) is 11.8 Å². The molecule has 0 aromatic carbocycles. The molecule has 2 N–H and O–H groups in total. The molecule has 0 spiro atoms. The Hall–Kier alpha value is -0.810. The molecule has 0 aromatic heterocycles. The highest BCUT2D eigenvalue weighted by Gasteiger charge is 2.45. The van der Waals surface area contributed by atoms with Crippen LogP contribution >= 0.6 is 12.4 Å². The summed E-state index contributed by atoms with van der Waals surface area (Å²) in [5, 5.41) is 5.85. The van der Waals surface area contributed by atoms with E-state index in [2.05, 4.69) is 15.5 Å². The zero-order chi connectivity index (χ0) is 14.1. The monoisotopic (exact) mass is 315 g/mol. The third kappa shape index (κ3) is 3.89. The lowest BCUT2D eigenvalue weighted by molar-refractivity contribution is -0.131. The van der Waals surface area contributed by atoms with Crippen LogP contribution in [0, 0.1) is 11.8 Å². The van der Waals surface area contributed by atoms with Crippen LogP contribution in [-0.2, 0) is 9.59 Å². The highest BCUT2D eigenvalue weighted by molar-refractivity contribution is 5.86. The first-order valence-corrected chi connectivity index (χ1v) is 7.95. The summed E-state index contributed by atoms with van der Waals surface area (Å²) in [5.41, 5.74) is 0. The lowest BCUT2D eigenvalue weighted by Crippen LogP contribution is -2.53. The van der Waals surface area contributed by atoms with E-state index in [-0.39, 0.29) is 36.3 Å². The van der Waals surface area contributed by atoms with E-state index in [1.54, 1.807) is 7.05 Å². The Bertz CT molecular complexity index is 396. The van der Waals surface area contributed by atoms with Crippen molar-refractivity contribution in [3.8, 4) is 0 Å². The number of nitrogens with one attached hydrogen (secondary N) is 2. The second-order valence-corrected chi connectivity index (χ2v) is 6.48. The quantitative estimate of drug-likeness (QED) is 0.766. The van der Waals surface area contributed by atoms with Crippen LogP contribution in [0.15, 0.2) is 0 Å². The molecule has 1 saturated heterocycles. The van der Waals surface area contributed by atoms with Crippen molar-refractivity contribution in [2.45, 2.75) is 50.6 Å². The number of carbonyl (C=O) groups excluding carboxylic acids is 2. The number of carbonyl (C=O) groups is 2. The van der Waals surface area contributed by atoms with Gasteiger partial charge >= 0.3 is 0 Å². The Kier molecular flexibility index (Phi) is 5.49. The molecule has 2 saturated carbocycles. The molecule has 2 atom stereocenters. The van der Waals surface area contributed by atoms with Gasteiger partial charge in [0, 0.05) is 13.6 Å². The minimum atomic E-state index is -0.100. The Morgan fingerprint density at radius 2 is 1.90 bits per heavy atom. The van der Waals surface area contributed by atoms with Crippen molar-refractivity contribution in [1.29, 1.82) is 0 Å². The summed E-state index contributed by atoms with van der Waals surface area (Å²) in [7, 11) is 1.69. The summed E-state index contributed by atoms with van der Waals surface area (Å²) in [6.07, 6.45) is 6.63. The van der Waals surface area contributed by atoms with Crippen molar-refractivity contribution >= 4 is 24.2 Å². The van der Waals surface area contributed by atoms with Gasteiger partial charge < -0.3 is 10.6 Å². The third-order valence-corrected chi connectivity index (χ3v) is 4.80. The van der Waals surface area contributed by atoms with E-state index in [1.165, 1.54) is 12.8 Å². The molecule has 0 unspecified atom stereocenters. The standard InChI is InChI=1S/C15H25N3O2.ClH/c1-16-15(20)13(11-6-7-11)18-8-2-3-12(18)14(19)17-9-10-4-5-10;/h10-13H,2-9H2,1H3,(H,16,20)(H,17,19);1H/t12-,13+;/m0./s1. The molecule has 0 bridgehead atoms. The van der Waals surface area contributed by atoms with E-state index in [1.807, 2.05) is 0 Å². The van der Waals surface area contributed by atoms with E-state index in [0.717, 1.165) is 38.8 Å². The molecular formula is C15H26ClN3O2. The van der Waals surface area contributed by atoms with Gasteiger partial charge in [-0.15, -0.1) is 12.4 Å². The fraction of sp³-hybridized carbons (Fsp3) is 0.867. The minimum absolute atomic E-state index is 0. The SMILES string of the molecule is CNC(=O)[C@@H](C1CC1)N1CCC[C@H]1C(=O)NCC1CC1.Cl. The molecule has 120 valence electrons. The highest BCUT2D eigenvalue weighted by Crippen LogP contribution is 2.38. The number of hydrogen-bond donors (Lipinski definition) is 2. The van der Waals surface area contributed by atoms with E-state index in [4.69, 9.17) is 0 Å². The first-order valence-electron chi connectivity index (χ1n) is 7.95. The molecule has 1 aliphatic heterocycles. The van der Waals surface area contributed by atoms with Gasteiger partial charge in [-0.1, -0.05) is 0 Å². The molecule has 0 aromatic rings. The van der Waals surface area contributed by atoms with Gasteiger partial charge in [0.05, 0.1) is 12.1 Å². The van der Waals surface area contributed by atoms with Gasteiger partial charge in [-0.05, 0) is 56.9 Å². The average molecular weight is 316 g/mol. The summed E-state index contributed by atoms with van der Waals surface area (Å²) >= 11 is 0. The summed E-state index contributed by atoms with van der Waals surface area (Å²) in [5.74, 6) is 1.36. The Labute approximate surface area is 132 Å². The van der Waals surface area contributed by atoms with Gasteiger partial charge in [-0.25, -0.2) is 0 Å². The third-order valence-electron chi connectivity index (χ3n) is 4.80. The van der Waals surface area contributed by atoms with Gasteiger partial charge in [0.1, 0.15) is 0 Å². The highest BCUT2D eigenvalue weighted by atomic mass is 35.5. The van der Waals surface area contributed by atoms with Gasteiger partial charge in [0.25, 0.3) is 0 Å². The van der Waals surface area contributed by atoms with Crippen molar-refractivity contribution < 1.29 is 9.59 Å². The Morgan fingerprint density at radius 1 is 1.19 bits per heavy atom. The lowest BCUT2D eigenvalue weighted by Gasteiger charge is -2.31. The van der Waals surface area contributed by atoms with Gasteiger partial charge in [-0.3, -0.25) is 14.5 Å². The molecule has 2 aliphatic carbocycles. The van der Waals surface area contributed by atoms with Crippen LogP contribution < -0.4 is 10.6 Å². The predicted octanol–water partition coefficient (Wildman–Crippen LogP) is 0.923. The Balaban J connectivity index is 0.00000161. The first kappa shape index (κ1) is 16.6. The normalized spacial score (nSPS) is 26.8. The molecule has 3 rings (SSSR count). The first-order chi connectivity index (χ1) is 9.70. The van der Waals surface area contributed by atoms with Crippen molar-refractivity contribution in [3.05, 3.63) is 0 Å². The largest absolute Gasteiger partial charge is 0.358 e. The van der Waals surface area contributed by atoms with E-state index >= 15 is 0 Å². The minimum Gasteiger partial charge on any atom is -0.358 e. The summed E-state index contributed by atoms with van der Waals surface area (Å²) in [4.78, 5) is 26.7. The van der Waals surface area contributed by atoms with Crippen molar-refractivity contribution in [2.75, 3.05) is 20.1 Å². The molecule has 3 fully saturated rings. The van der Waals surface area contributed by atoms with Crippen LogP contribution in [0.1, 0.15) is 38.5 Å². The van der Waals surface area contributed by atoms with Crippen LogP contribution in [-0.4, -0.2) is 48.9 Å². The fourth-order valence-corrected chi connectivity index (χ4v) is 3.28. The number of likely N-dealkylation sites (tertiary alicyclic amines) is 1. The second-order valence-electron chi connectivity index (χ2n) is 6.48. The number of rotatable bonds is 6. The number of likely N-dealkylation sites (N-methyl/N-ethyl adjacent to an activating group) is 1. The van der Waals surface area contributed by atoms with Crippen LogP contribution in [0.3, 0.4) is 0 Å². The maximum atomic E-state index is 12.4. The molecule has 21 heavy (non-hydrogen) atoms. The van der Waals surface area contributed by atoms with E-state index in [0.29, 0.717) is 11.8 Å². The zero-order valence-corrected chi connectivity index (χ0v) is 13.5. The summed E-state index contributed by atoms with van der Waals surface area (Å²) < 4.78 is 0. The molecular weight excluding hydrogens is 290 g/mol. The van der Waals surface area contributed by atoms with Gasteiger partial charge in [0.15, 0.2) is 0 Å². The fourth-order valence-electron chi connectivity index (χ4n) is 3.28. The van der Waals surface area contributed by atoms with Crippen LogP contribution in [0.4, 0.5) is 0 Å². The average Bonchev–Trinajstić information content (AvgIpc) is 3.36. The zero-order valence-electron chi connectivity index (χ0n) is 12.6.